The third kappa shape index (κ3) is 6.47. The minimum Gasteiger partial charge on any atom is -0.367 e. The van der Waals surface area contributed by atoms with Crippen molar-refractivity contribution in [2.24, 2.45) is 0 Å². The summed E-state index contributed by atoms with van der Waals surface area (Å²) >= 11 is 6.42. The second kappa shape index (κ2) is 12.8. The molecule has 6 rings (SSSR count). The number of carbonyl (C=O) groups excluding carboxylic acids is 2. The van der Waals surface area contributed by atoms with Gasteiger partial charge in [0.25, 0.3) is 5.91 Å². The van der Waals surface area contributed by atoms with Gasteiger partial charge < -0.3 is 30.3 Å². The third-order valence-corrected chi connectivity index (χ3v) is 8.59. The Morgan fingerprint density at radius 1 is 1.13 bits per heavy atom. The number of anilines is 3. The number of aromatic nitrogens is 3. The highest BCUT2D eigenvalue weighted by atomic mass is 35.5. The zero-order valence-electron chi connectivity index (χ0n) is 24.7. The van der Waals surface area contributed by atoms with Crippen LogP contribution in [-0.4, -0.2) is 95.1 Å². The normalized spacial score (nSPS) is 19.0. The molecule has 234 valence electrons. The quantitative estimate of drug-likeness (QED) is 0.247. The Morgan fingerprint density at radius 3 is 2.69 bits per heavy atom. The number of fused-ring (bicyclic) bond motifs is 1. The number of piperidine rings is 1. The zero-order chi connectivity index (χ0) is 31.7. The number of likely N-dealkylation sites (N-methyl/N-ethyl adjacent to an activating group) is 1. The summed E-state index contributed by atoms with van der Waals surface area (Å²) in [7, 11) is 2.05. The van der Waals surface area contributed by atoms with Crippen LogP contribution in [0.3, 0.4) is 0 Å². The van der Waals surface area contributed by atoms with Crippen LogP contribution >= 0.6 is 11.6 Å². The second-order valence-electron chi connectivity index (χ2n) is 11.3. The van der Waals surface area contributed by atoms with Gasteiger partial charge in [-0.25, -0.2) is 18.7 Å². The van der Waals surface area contributed by atoms with Gasteiger partial charge in [-0.15, -0.1) is 0 Å². The number of halogens is 3. The molecule has 2 saturated heterocycles. The van der Waals surface area contributed by atoms with Gasteiger partial charge in [-0.1, -0.05) is 18.2 Å². The molecule has 2 aromatic carbocycles. The van der Waals surface area contributed by atoms with Gasteiger partial charge in [0.15, 0.2) is 0 Å². The second-order valence-corrected chi connectivity index (χ2v) is 11.7. The predicted molar refractivity (Wildman–Crippen MR) is 172 cm³/mol. The number of nitrogens with zero attached hydrogens (tertiary/aromatic N) is 5. The standard InChI is InChI=1S/C32H33ClF2N8O2/c1-3-29(44)38-26-7-4-19(14-28(26)42-12-10-41(2)11-13-42)31(45)43-9-8-25(24(35)18-43)39-32-37-17-23(33)30(40-32)22-16-36-27-15-20(34)5-6-21(22)27/h3-7,14-17,24-25,36H,1,8-13,18H2,2H3,(H,38,44)(H,37,39,40). The van der Waals surface area contributed by atoms with Gasteiger partial charge in [0.05, 0.1) is 40.9 Å². The Hall–Kier alpha value is -4.55. The molecule has 2 fully saturated rings. The van der Waals surface area contributed by atoms with Crippen LogP contribution in [0, 0.1) is 5.82 Å². The number of likely N-dealkylation sites (tertiary alicyclic amines) is 1. The Labute approximate surface area is 264 Å². The maximum atomic E-state index is 15.6. The van der Waals surface area contributed by atoms with Gasteiger partial charge in [-0.05, 0) is 55.9 Å². The summed E-state index contributed by atoms with van der Waals surface area (Å²) in [6, 6.07) is 8.90. The van der Waals surface area contributed by atoms with E-state index < -0.39 is 12.2 Å². The van der Waals surface area contributed by atoms with Gasteiger partial charge in [0.2, 0.25) is 11.9 Å². The average Bonchev–Trinajstić information content (AvgIpc) is 3.45. The van der Waals surface area contributed by atoms with E-state index in [4.69, 9.17) is 11.6 Å². The number of amides is 2. The SMILES string of the molecule is C=CC(=O)Nc1ccc(C(=O)N2CCC(Nc3ncc(Cl)c(-c4c[nH]c5cc(F)ccc45)n3)C(F)C2)cc1N1CCN(C)CC1. The fourth-order valence-corrected chi connectivity index (χ4v) is 5.98. The number of benzene rings is 2. The van der Waals surface area contributed by atoms with Crippen molar-refractivity contribution in [3.63, 3.8) is 0 Å². The number of alkyl halides is 1. The number of nitrogens with one attached hydrogen (secondary N) is 3. The number of hydrogen-bond acceptors (Lipinski definition) is 7. The highest BCUT2D eigenvalue weighted by Gasteiger charge is 2.33. The topological polar surface area (TPSA) is 109 Å². The number of hydrogen-bond donors (Lipinski definition) is 3. The van der Waals surface area contributed by atoms with Gasteiger partial charge in [0.1, 0.15) is 12.0 Å². The van der Waals surface area contributed by atoms with Crippen molar-refractivity contribution in [2.75, 3.05) is 61.8 Å². The van der Waals surface area contributed by atoms with E-state index in [1.165, 1.54) is 29.3 Å². The van der Waals surface area contributed by atoms with Gasteiger partial charge >= 0.3 is 0 Å². The summed E-state index contributed by atoms with van der Waals surface area (Å²) in [5.74, 6) is -0.788. The molecule has 0 saturated carbocycles. The molecule has 0 aliphatic carbocycles. The molecule has 2 unspecified atom stereocenters. The molecule has 0 radical (unpaired) electrons. The van der Waals surface area contributed by atoms with Crippen LogP contribution < -0.4 is 15.5 Å². The lowest BCUT2D eigenvalue weighted by Crippen LogP contribution is -2.50. The predicted octanol–water partition coefficient (Wildman–Crippen LogP) is 4.96. The molecular weight excluding hydrogens is 602 g/mol. The minimum atomic E-state index is -1.38. The summed E-state index contributed by atoms with van der Waals surface area (Å²) in [5, 5.41) is 6.96. The molecule has 0 bridgehead atoms. The van der Waals surface area contributed by atoms with Crippen LogP contribution in [0.5, 0.6) is 0 Å². The van der Waals surface area contributed by atoms with Crippen molar-refractivity contribution in [3.8, 4) is 11.3 Å². The van der Waals surface area contributed by atoms with E-state index in [9.17, 15) is 14.0 Å². The van der Waals surface area contributed by atoms with Crippen LogP contribution in [0.4, 0.5) is 26.1 Å². The molecule has 2 aliphatic rings. The highest BCUT2D eigenvalue weighted by Crippen LogP contribution is 2.34. The fraction of sp³-hybridized carbons (Fsp3) is 0.312. The van der Waals surface area contributed by atoms with Crippen LogP contribution in [0.1, 0.15) is 16.8 Å². The maximum absolute atomic E-state index is 15.6. The Morgan fingerprint density at radius 2 is 1.93 bits per heavy atom. The lowest BCUT2D eigenvalue weighted by atomic mass is 10.0. The number of carbonyl (C=O) groups is 2. The minimum absolute atomic E-state index is 0.107. The van der Waals surface area contributed by atoms with Crippen LogP contribution in [0.15, 0.2) is 61.4 Å². The Kier molecular flexibility index (Phi) is 8.68. The van der Waals surface area contributed by atoms with E-state index in [1.54, 1.807) is 30.5 Å². The first-order valence-corrected chi connectivity index (χ1v) is 15.1. The lowest BCUT2D eigenvalue weighted by molar-refractivity contribution is -0.111. The monoisotopic (exact) mass is 634 g/mol. The van der Waals surface area contributed by atoms with Crippen molar-refractivity contribution >= 4 is 51.6 Å². The average molecular weight is 635 g/mol. The molecule has 10 nitrogen and oxygen atoms in total. The van der Waals surface area contributed by atoms with Crippen LogP contribution in [-0.2, 0) is 4.79 Å². The van der Waals surface area contributed by atoms with Gasteiger partial charge in [-0.2, -0.15) is 0 Å². The summed E-state index contributed by atoms with van der Waals surface area (Å²) in [6.07, 6.45) is 3.29. The van der Waals surface area contributed by atoms with Crippen molar-refractivity contribution in [3.05, 3.63) is 77.9 Å². The molecule has 45 heavy (non-hydrogen) atoms. The molecule has 2 amide bonds. The van der Waals surface area contributed by atoms with Crippen molar-refractivity contribution in [1.82, 2.24) is 24.8 Å². The summed E-state index contributed by atoms with van der Waals surface area (Å²) < 4.78 is 29.2. The molecule has 4 aromatic rings. The van der Waals surface area contributed by atoms with E-state index in [-0.39, 0.29) is 30.1 Å². The fourth-order valence-electron chi connectivity index (χ4n) is 5.78. The first kappa shape index (κ1) is 30.5. The molecule has 2 aromatic heterocycles. The number of piperazine rings is 1. The number of H-pyrrole nitrogens is 1. The largest absolute Gasteiger partial charge is 0.367 e. The van der Waals surface area contributed by atoms with Gasteiger partial charge in [0, 0.05) is 61.0 Å². The number of aromatic amines is 1. The van der Waals surface area contributed by atoms with Crippen LogP contribution in [0.2, 0.25) is 5.02 Å². The van der Waals surface area contributed by atoms with E-state index in [1.807, 2.05) is 0 Å². The van der Waals surface area contributed by atoms with Gasteiger partial charge in [-0.3, -0.25) is 9.59 Å². The number of rotatable bonds is 7. The zero-order valence-corrected chi connectivity index (χ0v) is 25.5. The Balaban J connectivity index is 1.16. The smallest absolute Gasteiger partial charge is 0.254 e. The summed E-state index contributed by atoms with van der Waals surface area (Å²) in [5.41, 5.74) is 3.45. The Bertz CT molecular complexity index is 1760. The summed E-state index contributed by atoms with van der Waals surface area (Å²) in [4.78, 5) is 43.3. The van der Waals surface area contributed by atoms with E-state index in [0.717, 1.165) is 37.3 Å². The third-order valence-electron chi connectivity index (χ3n) is 8.32. The molecule has 13 heteroatoms. The molecule has 4 heterocycles. The first-order valence-electron chi connectivity index (χ1n) is 14.7. The van der Waals surface area contributed by atoms with E-state index >= 15 is 4.39 Å². The first-order chi connectivity index (χ1) is 21.7. The molecule has 3 N–H and O–H groups in total. The summed E-state index contributed by atoms with van der Waals surface area (Å²) in [6.45, 7) is 6.91. The van der Waals surface area contributed by atoms with Crippen molar-refractivity contribution < 1.29 is 18.4 Å². The van der Waals surface area contributed by atoms with Crippen molar-refractivity contribution in [2.45, 2.75) is 18.6 Å². The molecule has 2 aliphatic heterocycles. The van der Waals surface area contributed by atoms with E-state index in [0.29, 0.717) is 46.0 Å². The highest BCUT2D eigenvalue weighted by molar-refractivity contribution is 6.33. The van der Waals surface area contributed by atoms with E-state index in [2.05, 4.69) is 49.0 Å². The molecule has 2 atom stereocenters. The molecule has 0 spiro atoms. The molecular formula is C32H33ClF2N8O2. The lowest BCUT2D eigenvalue weighted by Gasteiger charge is -2.36. The van der Waals surface area contributed by atoms with Crippen LogP contribution in [0.25, 0.3) is 22.2 Å². The van der Waals surface area contributed by atoms with Crippen molar-refractivity contribution in [1.29, 1.82) is 0 Å². The maximum Gasteiger partial charge on any atom is 0.254 e.